The molecule has 0 heterocycles. The van der Waals surface area contributed by atoms with Crippen LogP contribution < -0.4 is 0 Å². The number of hydrogen-bond acceptors (Lipinski definition) is 0. The van der Waals surface area contributed by atoms with Crippen LogP contribution in [-0.2, 0) is 6.42 Å². The van der Waals surface area contributed by atoms with E-state index in [0.717, 1.165) is 24.7 Å². The van der Waals surface area contributed by atoms with Crippen molar-refractivity contribution >= 4 is 0 Å². The minimum absolute atomic E-state index is 0.294. The van der Waals surface area contributed by atoms with E-state index >= 15 is 0 Å². The van der Waals surface area contributed by atoms with Gasteiger partial charge in [-0.2, -0.15) is 0 Å². The lowest BCUT2D eigenvalue weighted by Crippen LogP contribution is -2.24. The lowest BCUT2D eigenvalue weighted by molar-refractivity contribution is 0.132. The summed E-state index contributed by atoms with van der Waals surface area (Å²) in [6, 6.07) is 9.47. The molecule has 0 nitrogen and oxygen atoms in total. The van der Waals surface area contributed by atoms with Gasteiger partial charge in [0, 0.05) is 0 Å². The van der Waals surface area contributed by atoms with Gasteiger partial charge < -0.3 is 0 Å². The average Bonchev–Trinajstić information content (AvgIpc) is 2.77. The first-order valence-corrected chi connectivity index (χ1v) is 12.8. The van der Waals surface area contributed by atoms with Gasteiger partial charge in [-0.1, -0.05) is 91.5 Å². The Kier molecular flexibility index (Phi) is 13.6. The van der Waals surface area contributed by atoms with E-state index in [4.69, 9.17) is 0 Å². The van der Waals surface area contributed by atoms with Gasteiger partial charge in [-0.25, -0.2) is 4.39 Å². The number of alkyl halides is 1. The minimum Gasteiger partial charge on any atom is -0.247 e. The molecule has 0 saturated heterocycles. The van der Waals surface area contributed by atoms with E-state index < -0.39 is 6.17 Å². The Morgan fingerprint density at radius 3 is 2.00 bits per heavy atom. The second-order valence-corrected chi connectivity index (χ2v) is 9.12. The lowest BCUT2D eigenvalue weighted by Gasteiger charge is -2.29. The molecular weight excluding hydrogens is 355 g/mol. The maximum atomic E-state index is 13.8. The summed E-state index contributed by atoms with van der Waals surface area (Å²) in [6.07, 6.45) is 13.1. The van der Waals surface area contributed by atoms with Crippen molar-refractivity contribution < 1.29 is 4.39 Å². The first-order chi connectivity index (χ1) is 14.1. The van der Waals surface area contributed by atoms with Crippen molar-refractivity contribution in [3.05, 3.63) is 35.4 Å². The first kappa shape index (κ1) is 26.2. The maximum absolute atomic E-state index is 13.8. The predicted molar refractivity (Wildman–Crippen MR) is 128 cm³/mol. The summed E-state index contributed by atoms with van der Waals surface area (Å²) < 4.78 is 13.8. The summed E-state index contributed by atoms with van der Waals surface area (Å²) in [5, 5.41) is 0. The van der Waals surface area contributed by atoms with Crippen molar-refractivity contribution in [1.29, 1.82) is 0 Å². The second kappa shape index (κ2) is 15.0. The molecule has 1 aromatic carbocycles. The fourth-order valence-corrected chi connectivity index (χ4v) is 4.92. The molecular formula is C28H49F. The third-order valence-corrected chi connectivity index (χ3v) is 7.00. The van der Waals surface area contributed by atoms with Gasteiger partial charge in [0.1, 0.15) is 6.17 Å². The first-order valence-electron chi connectivity index (χ1n) is 12.8. The molecule has 0 N–H and O–H groups in total. The summed E-state index contributed by atoms with van der Waals surface area (Å²) in [5.74, 6) is 2.66. The summed E-state index contributed by atoms with van der Waals surface area (Å²) in [7, 11) is 0. The van der Waals surface area contributed by atoms with Crippen molar-refractivity contribution in [3.63, 3.8) is 0 Å². The van der Waals surface area contributed by atoms with Gasteiger partial charge in [-0.3, -0.25) is 0 Å². The molecule has 3 atom stereocenters. The zero-order chi connectivity index (χ0) is 21.6. The number of halogens is 1. The van der Waals surface area contributed by atoms with Crippen LogP contribution >= 0.6 is 0 Å². The molecule has 0 aromatic heterocycles. The molecule has 2 fully saturated rings. The Balaban J connectivity index is 0.000000989. The highest BCUT2D eigenvalue weighted by atomic mass is 19.1. The highest BCUT2D eigenvalue weighted by Gasteiger charge is 2.26. The van der Waals surface area contributed by atoms with Crippen molar-refractivity contribution in [2.24, 2.45) is 17.8 Å². The van der Waals surface area contributed by atoms with E-state index in [1.165, 1.54) is 63.4 Å². The number of unbranched alkanes of at least 4 members (excludes halogenated alkanes) is 1. The third-order valence-electron chi connectivity index (χ3n) is 7.00. The van der Waals surface area contributed by atoms with E-state index in [9.17, 15) is 4.39 Å². The van der Waals surface area contributed by atoms with Crippen LogP contribution in [0.1, 0.15) is 123 Å². The Morgan fingerprint density at radius 1 is 0.793 bits per heavy atom. The largest absolute Gasteiger partial charge is 0.247 e. The van der Waals surface area contributed by atoms with Crippen LogP contribution in [0.4, 0.5) is 4.39 Å². The van der Waals surface area contributed by atoms with Crippen molar-refractivity contribution in [2.75, 3.05) is 0 Å². The van der Waals surface area contributed by atoms with E-state index in [0.29, 0.717) is 11.8 Å². The van der Waals surface area contributed by atoms with Gasteiger partial charge in [0.15, 0.2) is 0 Å². The Morgan fingerprint density at radius 2 is 1.41 bits per heavy atom. The van der Waals surface area contributed by atoms with Crippen LogP contribution in [0, 0.1) is 17.8 Å². The molecule has 2 saturated carbocycles. The number of rotatable bonds is 6. The fourth-order valence-electron chi connectivity index (χ4n) is 4.92. The van der Waals surface area contributed by atoms with E-state index in [-0.39, 0.29) is 0 Å². The maximum Gasteiger partial charge on any atom is 0.103 e. The molecule has 3 unspecified atom stereocenters. The van der Waals surface area contributed by atoms with Crippen molar-refractivity contribution in [3.8, 4) is 0 Å². The molecule has 168 valence electrons. The highest BCUT2D eigenvalue weighted by Crippen LogP contribution is 2.36. The zero-order valence-corrected chi connectivity index (χ0v) is 20.4. The van der Waals surface area contributed by atoms with Crippen LogP contribution in [0.15, 0.2) is 24.3 Å². The third kappa shape index (κ3) is 9.22. The lowest BCUT2D eigenvalue weighted by atomic mass is 9.79. The van der Waals surface area contributed by atoms with Crippen LogP contribution in [0.3, 0.4) is 0 Å². The molecule has 0 bridgehead atoms. The van der Waals surface area contributed by atoms with Crippen LogP contribution in [0.2, 0.25) is 0 Å². The summed E-state index contributed by atoms with van der Waals surface area (Å²) in [5.41, 5.74) is 3.04. The van der Waals surface area contributed by atoms with E-state index in [1.54, 1.807) is 5.56 Å². The smallest absolute Gasteiger partial charge is 0.103 e. The van der Waals surface area contributed by atoms with Gasteiger partial charge >= 0.3 is 0 Å². The van der Waals surface area contributed by atoms with Crippen molar-refractivity contribution in [2.45, 2.75) is 124 Å². The topological polar surface area (TPSA) is 0 Å². The average molecular weight is 405 g/mol. The summed E-state index contributed by atoms with van der Waals surface area (Å²) in [4.78, 5) is 0. The van der Waals surface area contributed by atoms with E-state index in [2.05, 4.69) is 38.1 Å². The van der Waals surface area contributed by atoms with E-state index in [1.807, 2.05) is 27.7 Å². The molecule has 1 heteroatoms. The van der Waals surface area contributed by atoms with Gasteiger partial charge in [-0.15, -0.1) is 0 Å². The Hall–Kier alpha value is -0.850. The Bertz CT molecular complexity index is 498. The van der Waals surface area contributed by atoms with Crippen molar-refractivity contribution in [1.82, 2.24) is 0 Å². The summed E-state index contributed by atoms with van der Waals surface area (Å²) in [6.45, 7) is 12.5. The summed E-state index contributed by atoms with van der Waals surface area (Å²) >= 11 is 0. The number of benzene rings is 1. The molecule has 0 aliphatic heterocycles. The standard InChI is InChI=1S/C24H37F.2C2H6/c1-18-7-13-22(14-8-18)23-15-11-20(12-16-23)5-3-4-6-21-10-9-19(2)24(25)17-21;2*1-2/h11-12,15-16,18-19,21-22,24H,3-10,13-14,17H2,1-2H3;2*1-2H3. The molecule has 0 radical (unpaired) electrons. The molecule has 1 aromatic rings. The van der Waals surface area contributed by atoms with Crippen LogP contribution in [-0.4, -0.2) is 6.17 Å². The Labute approximate surface area is 182 Å². The van der Waals surface area contributed by atoms with Gasteiger partial charge in [0.05, 0.1) is 0 Å². The highest BCUT2D eigenvalue weighted by molar-refractivity contribution is 5.25. The molecule has 29 heavy (non-hydrogen) atoms. The number of hydrogen-bond donors (Lipinski definition) is 0. The predicted octanol–water partition coefficient (Wildman–Crippen LogP) is 9.52. The van der Waals surface area contributed by atoms with Gasteiger partial charge in [0.2, 0.25) is 0 Å². The zero-order valence-electron chi connectivity index (χ0n) is 20.4. The fraction of sp³-hybridized carbons (Fsp3) is 0.786. The van der Waals surface area contributed by atoms with Crippen LogP contribution in [0.5, 0.6) is 0 Å². The normalized spacial score (nSPS) is 29.1. The number of aryl methyl sites for hydroxylation is 1. The SMILES string of the molecule is CC.CC.CC1CCC(c2ccc(CCCCC3CCC(C)C(F)C3)cc2)CC1. The van der Waals surface area contributed by atoms with Gasteiger partial charge in [-0.05, 0) is 79.7 Å². The molecule has 0 amide bonds. The van der Waals surface area contributed by atoms with Crippen LogP contribution in [0.25, 0.3) is 0 Å². The molecule has 3 rings (SSSR count). The van der Waals surface area contributed by atoms with Gasteiger partial charge in [0.25, 0.3) is 0 Å². The monoisotopic (exact) mass is 404 g/mol. The second-order valence-electron chi connectivity index (χ2n) is 9.12. The molecule has 2 aliphatic rings. The molecule has 2 aliphatic carbocycles. The molecule has 0 spiro atoms. The minimum atomic E-state index is -0.547. The quantitative estimate of drug-likeness (QED) is 0.414.